The zero-order chi connectivity index (χ0) is 19.2. The maximum absolute atomic E-state index is 12.0. The molecule has 0 amide bonds. The minimum absolute atomic E-state index is 0.106. The van der Waals surface area contributed by atoms with Gasteiger partial charge in [-0.1, -0.05) is 35.0 Å². The summed E-state index contributed by atoms with van der Waals surface area (Å²) >= 11 is 11.4. The van der Waals surface area contributed by atoms with Crippen molar-refractivity contribution in [2.45, 2.75) is 9.79 Å². The van der Waals surface area contributed by atoms with Gasteiger partial charge in [0.15, 0.2) is 19.7 Å². The van der Waals surface area contributed by atoms with Gasteiger partial charge in [-0.25, -0.2) is 16.8 Å². The Labute approximate surface area is 163 Å². The van der Waals surface area contributed by atoms with E-state index in [9.17, 15) is 16.8 Å². The van der Waals surface area contributed by atoms with Crippen LogP contribution in [-0.4, -0.2) is 28.3 Å². The Hall–Kier alpha value is -1.96. The van der Waals surface area contributed by atoms with Crippen molar-refractivity contribution in [2.24, 2.45) is 0 Å². The number of benzene rings is 2. The van der Waals surface area contributed by atoms with Crippen LogP contribution in [0, 0.1) is 23.7 Å². The van der Waals surface area contributed by atoms with Gasteiger partial charge < -0.3 is 0 Å². The highest BCUT2D eigenvalue weighted by Gasteiger charge is 2.13. The van der Waals surface area contributed by atoms with Crippen molar-refractivity contribution >= 4 is 42.9 Å². The molecule has 134 valence electrons. The molecule has 0 N–H and O–H groups in total. The first kappa shape index (κ1) is 20.4. The van der Waals surface area contributed by atoms with Gasteiger partial charge in [0.25, 0.3) is 0 Å². The highest BCUT2D eigenvalue weighted by molar-refractivity contribution is 7.92. The van der Waals surface area contributed by atoms with E-state index in [1.54, 1.807) is 0 Å². The fourth-order valence-corrected chi connectivity index (χ4v) is 4.01. The van der Waals surface area contributed by atoms with Gasteiger partial charge in [0, 0.05) is 10.0 Å². The summed E-state index contributed by atoms with van der Waals surface area (Å²) < 4.78 is 48.2. The van der Waals surface area contributed by atoms with E-state index < -0.39 is 31.2 Å². The fourth-order valence-electron chi connectivity index (χ4n) is 1.80. The molecule has 0 saturated carbocycles. The third-order valence-corrected chi connectivity index (χ3v) is 6.64. The molecule has 0 fully saturated rings. The highest BCUT2D eigenvalue weighted by atomic mass is 35.5. The van der Waals surface area contributed by atoms with Gasteiger partial charge in [-0.2, -0.15) is 0 Å². The molecule has 0 heterocycles. The molecule has 0 spiro atoms. The predicted molar refractivity (Wildman–Crippen MR) is 103 cm³/mol. The van der Waals surface area contributed by atoms with Crippen LogP contribution in [0.2, 0.25) is 10.0 Å². The van der Waals surface area contributed by atoms with Crippen molar-refractivity contribution in [2.75, 3.05) is 11.5 Å². The van der Waals surface area contributed by atoms with Crippen LogP contribution in [0.3, 0.4) is 0 Å². The van der Waals surface area contributed by atoms with Gasteiger partial charge in [-0.15, -0.1) is 0 Å². The number of rotatable bonds is 4. The van der Waals surface area contributed by atoms with Crippen LogP contribution < -0.4 is 0 Å². The molecule has 26 heavy (non-hydrogen) atoms. The maximum Gasteiger partial charge on any atom is 0.189 e. The Morgan fingerprint density at radius 2 is 0.923 bits per heavy atom. The van der Waals surface area contributed by atoms with Crippen molar-refractivity contribution in [3.05, 3.63) is 58.6 Å². The second kappa shape index (κ2) is 8.62. The van der Waals surface area contributed by atoms with E-state index in [-0.39, 0.29) is 9.79 Å². The Bertz CT molecular complexity index is 1020. The summed E-state index contributed by atoms with van der Waals surface area (Å²) in [5, 5.41) is 0.866. The molecule has 0 radical (unpaired) electrons. The third kappa shape index (κ3) is 5.79. The van der Waals surface area contributed by atoms with E-state index in [4.69, 9.17) is 23.2 Å². The van der Waals surface area contributed by atoms with Crippen molar-refractivity contribution < 1.29 is 16.8 Å². The summed E-state index contributed by atoms with van der Waals surface area (Å²) in [5.74, 6) is 8.69. The second-order valence-electron chi connectivity index (χ2n) is 5.03. The standard InChI is InChI=1S/C18H12Cl2O4S2/c19-15-5-9-17(10-6-15)25(21,22)13-3-1-2-4-14-26(23,24)18-11-7-16(20)8-12-18/h5-12H,13-14H2. The first-order valence-electron chi connectivity index (χ1n) is 7.13. The van der Waals surface area contributed by atoms with Gasteiger partial charge in [0.05, 0.1) is 9.79 Å². The molecular formula is C18H12Cl2O4S2. The molecule has 0 aromatic heterocycles. The average molecular weight is 427 g/mol. The summed E-state index contributed by atoms with van der Waals surface area (Å²) in [6, 6.07) is 11.5. The van der Waals surface area contributed by atoms with E-state index in [1.165, 1.54) is 48.5 Å². The van der Waals surface area contributed by atoms with Crippen molar-refractivity contribution in [3.63, 3.8) is 0 Å². The van der Waals surface area contributed by atoms with Crippen LogP contribution >= 0.6 is 23.2 Å². The molecule has 0 bridgehead atoms. The molecular weight excluding hydrogens is 415 g/mol. The van der Waals surface area contributed by atoms with Gasteiger partial charge in [0.1, 0.15) is 11.5 Å². The predicted octanol–water partition coefficient (Wildman–Crippen LogP) is 3.25. The van der Waals surface area contributed by atoms with Crippen LogP contribution in [0.1, 0.15) is 0 Å². The number of hydrogen-bond acceptors (Lipinski definition) is 4. The van der Waals surface area contributed by atoms with Crippen molar-refractivity contribution in [1.82, 2.24) is 0 Å². The van der Waals surface area contributed by atoms with E-state index in [1.807, 2.05) is 0 Å². The molecule has 2 aromatic carbocycles. The monoisotopic (exact) mass is 426 g/mol. The lowest BCUT2D eigenvalue weighted by Crippen LogP contribution is -2.05. The molecule has 2 aromatic rings. The highest BCUT2D eigenvalue weighted by Crippen LogP contribution is 2.16. The van der Waals surface area contributed by atoms with Gasteiger partial charge in [0.2, 0.25) is 0 Å². The molecule has 8 heteroatoms. The first-order valence-corrected chi connectivity index (χ1v) is 11.2. The summed E-state index contributed by atoms with van der Waals surface area (Å²) in [4.78, 5) is 0.212. The lowest BCUT2D eigenvalue weighted by Gasteiger charge is -1.99. The Morgan fingerprint density at radius 3 is 1.23 bits per heavy atom. The molecule has 0 aliphatic rings. The van der Waals surface area contributed by atoms with E-state index in [2.05, 4.69) is 23.7 Å². The van der Waals surface area contributed by atoms with Crippen LogP contribution in [0.25, 0.3) is 0 Å². The summed E-state index contributed by atoms with van der Waals surface area (Å²) in [6.07, 6.45) is 0. The molecule has 0 unspecified atom stereocenters. The van der Waals surface area contributed by atoms with Crippen molar-refractivity contribution in [3.8, 4) is 23.7 Å². The minimum Gasteiger partial charge on any atom is -0.223 e. The quantitative estimate of drug-likeness (QED) is 0.703. The Morgan fingerprint density at radius 1 is 0.615 bits per heavy atom. The number of sulfone groups is 2. The first-order chi connectivity index (χ1) is 12.2. The molecule has 0 atom stereocenters. The second-order valence-corrected chi connectivity index (χ2v) is 9.88. The average Bonchev–Trinajstić information content (AvgIpc) is 2.58. The normalized spacial score (nSPS) is 11.0. The lowest BCUT2D eigenvalue weighted by molar-refractivity contribution is 0.597. The molecule has 2 rings (SSSR count). The molecule has 0 aliphatic carbocycles. The zero-order valence-electron chi connectivity index (χ0n) is 13.2. The zero-order valence-corrected chi connectivity index (χ0v) is 16.4. The fraction of sp³-hybridized carbons (Fsp3) is 0.111. The Balaban J connectivity index is 2.00. The third-order valence-electron chi connectivity index (χ3n) is 3.11. The van der Waals surface area contributed by atoms with Crippen molar-refractivity contribution in [1.29, 1.82) is 0 Å². The van der Waals surface area contributed by atoms with E-state index >= 15 is 0 Å². The summed E-state index contributed by atoms with van der Waals surface area (Å²) in [5.41, 5.74) is 0. The van der Waals surface area contributed by atoms with Crippen LogP contribution in [0.15, 0.2) is 58.3 Å². The van der Waals surface area contributed by atoms with Gasteiger partial charge in [-0.05, 0) is 60.4 Å². The van der Waals surface area contributed by atoms with E-state index in [0.717, 1.165) is 0 Å². The van der Waals surface area contributed by atoms with Crippen LogP contribution in [0.4, 0.5) is 0 Å². The summed E-state index contributed by atoms with van der Waals surface area (Å²) in [6.45, 7) is 0. The molecule has 0 aliphatic heterocycles. The molecule has 0 saturated heterocycles. The number of halogens is 2. The number of hydrogen-bond donors (Lipinski definition) is 0. The largest absolute Gasteiger partial charge is 0.223 e. The SMILES string of the molecule is O=S(=O)(CC#CC#CCS(=O)(=O)c1ccc(Cl)cc1)c1ccc(Cl)cc1. The summed E-state index contributed by atoms with van der Waals surface area (Å²) in [7, 11) is -7.14. The van der Waals surface area contributed by atoms with E-state index in [0.29, 0.717) is 10.0 Å². The smallest absolute Gasteiger partial charge is 0.189 e. The topological polar surface area (TPSA) is 68.3 Å². The Kier molecular flexibility index (Phi) is 6.75. The van der Waals surface area contributed by atoms with Crippen LogP contribution in [0.5, 0.6) is 0 Å². The van der Waals surface area contributed by atoms with Crippen LogP contribution in [-0.2, 0) is 19.7 Å². The minimum atomic E-state index is -3.57. The lowest BCUT2D eigenvalue weighted by atomic mass is 10.4. The maximum atomic E-state index is 12.0. The molecule has 4 nitrogen and oxygen atoms in total. The van der Waals surface area contributed by atoms with Gasteiger partial charge in [-0.3, -0.25) is 0 Å². The van der Waals surface area contributed by atoms with Gasteiger partial charge >= 0.3 is 0 Å².